The zero-order chi connectivity index (χ0) is 13.0. The summed E-state index contributed by atoms with van der Waals surface area (Å²) in [5.74, 6) is -0.122. The molecule has 0 bridgehead atoms. The molecule has 1 N–H and O–H groups in total. The topological polar surface area (TPSA) is 18.5 Å². The zero-order valence-electron chi connectivity index (χ0n) is 11.2. The Bertz CT molecular complexity index is 381. The number of para-hydroxylation sites is 1. The molecule has 0 aromatic heterocycles. The molecular weight excluding hydrogens is 229 g/mol. The number of rotatable bonds is 3. The van der Waals surface area contributed by atoms with Gasteiger partial charge in [-0.2, -0.15) is 0 Å². The summed E-state index contributed by atoms with van der Waals surface area (Å²) in [5, 5.41) is 3.53. The van der Waals surface area contributed by atoms with E-state index < -0.39 is 0 Å². The van der Waals surface area contributed by atoms with Gasteiger partial charge in [-0.25, -0.2) is 4.39 Å². The average Bonchev–Trinajstić information content (AvgIpc) is 2.54. The van der Waals surface area contributed by atoms with Gasteiger partial charge in [0.1, 0.15) is 5.82 Å². The largest absolute Gasteiger partial charge is 0.368 e. The van der Waals surface area contributed by atoms with Crippen LogP contribution in [-0.2, 0) is 0 Å². The van der Waals surface area contributed by atoms with Crippen LogP contribution < -0.4 is 10.2 Å². The molecule has 2 rings (SSSR count). The highest BCUT2D eigenvalue weighted by Gasteiger charge is 2.20. The molecule has 1 saturated heterocycles. The van der Waals surface area contributed by atoms with E-state index in [9.17, 15) is 4.39 Å². The molecule has 100 valence electrons. The van der Waals surface area contributed by atoms with E-state index in [1.165, 1.54) is 6.07 Å². The molecule has 1 unspecified atom stereocenters. The summed E-state index contributed by atoms with van der Waals surface area (Å²) in [7, 11) is 4.14. The lowest BCUT2D eigenvalue weighted by Crippen LogP contribution is -2.44. The standard InChI is InChI=1S/C14H22FN3/c1-17(2)10-12-11-18(9-5-8-16-12)14-7-4-3-6-13(14)15/h3-4,6-7,12,16H,5,8-11H2,1-2H3. The van der Waals surface area contributed by atoms with Gasteiger partial charge in [-0.3, -0.25) is 0 Å². The molecule has 1 atom stereocenters. The van der Waals surface area contributed by atoms with E-state index in [2.05, 4.69) is 29.2 Å². The second-order valence-corrected chi connectivity index (χ2v) is 5.16. The molecule has 0 spiro atoms. The summed E-state index contributed by atoms with van der Waals surface area (Å²) in [6.07, 6.45) is 1.05. The van der Waals surface area contributed by atoms with Gasteiger partial charge in [0.2, 0.25) is 0 Å². The third-order valence-corrected chi connectivity index (χ3v) is 3.26. The number of halogens is 1. The Hall–Kier alpha value is -1.13. The number of nitrogens with zero attached hydrogens (tertiary/aromatic N) is 2. The molecule has 1 aromatic carbocycles. The second kappa shape index (κ2) is 6.16. The van der Waals surface area contributed by atoms with E-state index in [-0.39, 0.29) is 5.82 Å². The van der Waals surface area contributed by atoms with Crippen LogP contribution >= 0.6 is 0 Å². The minimum atomic E-state index is -0.122. The van der Waals surface area contributed by atoms with Crippen LogP contribution in [0.1, 0.15) is 6.42 Å². The maximum absolute atomic E-state index is 13.8. The van der Waals surface area contributed by atoms with E-state index in [4.69, 9.17) is 0 Å². The Morgan fingerprint density at radius 2 is 2.17 bits per heavy atom. The van der Waals surface area contributed by atoms with Crippen LogP contribution in [0, 0.1) is 5.82 Å². The molecule has 4 heteroatoms. The molecule has 1 aliphatic heterocycles. The van der Waals surface area contributed by atoms with E-state index in [1.807, 2.05) is 12.1 Å². The van der Waals surface area contributed by atoms with E-state index in [0.29, 0.717) is 6.04 Å². The molecule has 0 aliphatic carbocycles. The summed E-state index contributed by atoms with van der Waals surface area (Å²) in [5.41, 5.74) is 0.727. The lowest BCUT2D eigenvalue weighted by molar-refractivity contribution is 0.346. The number of hydrogen-bond acceptors (Lipinski definition) is 3. The fraction of sp³-hybridized carbons (Fsp3) is 0.571. The van der Waals surface area contributed by atoms with Gasteiger partial charge >= 0.3 is 0 Å². The third-order valence-electron chi connectivity index (χ3n) is 3.26. The number of benzene rings is 1. The minimum Gasteiger partial charge on any atom is -0.368 e. The molecular formula is C14H22FN3. The predicted octanol–water partition coefficient (Wildman–Crippen LogP) is 1.56. The highest BCUT2D eigenvalue weighted by atomic mass is 19.1. The van der Waals surface area contributed by atoms with E-state index in [0.717, 1.165) is 38.3 Å². The summed E-state index contributed by atoms with van der Waals surface area (Å²) < 4.78 is 13.8. The minimum absolute atomic E-state index is 0.122. The molecule has 0 saturated carbocycles. The SMILES string of the molecule is CN(C)CC1CN(c2ccccc2F)CCCN1. The second-order valence-electron chi connectivity index (χ2n) is 5.16. The first-order chi connectivity index (χ1) is 8.66. The molecule has 18 heavy (non-hydrogen) atoms. The number of hydrogen-bond donors (Lipinski definition) is 1. The Balaban J connectivity index is 2.09. The van der Waals surface area contributed by atoms with Gasteiger partial charge in [0.15, 0.2) is 0 Å². The van der Waals surface area contributed by atoms with Crippen molar-refractivity contribution in [2.45, 2.75) is 12.5 Å². The summed E-state index contributed by atoms with van der Waals surface area (Å²) >= 11 is 0. The first-order valence-electron chi connectivity index (χ1n) is 6.54. The summed E-state index contributed by atoms with van der Waals surface area (Å²) in [4.78, 5) is 4.33. The van der Waals surface area contributed by atoms with Crippen molar-refractivity contribution in [1.82, 2.24) is 10.2 Å². The highest BCUT2D eigenvalue weighted by molar-refractivity contribution is 5.47. The van der Waals surface area contributed by atoms with Crippen molar-refractivity contribution >= 4 is 5.69 Å². The fourth-order valence-corrected chi connectivity index (χ4v) is 2.49. The molecule has 1 fully saturated rings. The number of nitrogens with one attached hydrogen (secondary N) is 1. The molecule has 3 nitrogen and oxygen atoms in total. The smallest absolute Gasteiger partial charge is 0.146 e. The Labute approximate surface area is 109 Å². The van der Waals surface area contributed by atoms with Crippen LogP contribution in [0.3, 0.4) is 0 Å². The van der Waals surface area contributed by atoms with Crippen molar-refractivity contribution < 1.29 is 4.39 Å². The van der Waals surface area contributed by atoms with Gasteiger partial charge in [0, 0.05) is 25.7 Å². The van der Waals surface area contributed by atoms with Gasteiger partial charge in [0.25, 0.3) is 0 Å². The Kier molecular flexibility index (Phi) is 4.55. The highest BCUT2D eigenvalue weighted by Crippen LogP contribution is 2.20. The Morgan fingerprint density at radius 1 is 1.39 bits per heavy atom. The molecule has 1 aliphatic rings. The van der Waals surface area contributed by atoms with Crippen molar-refractivity contribution in [3.8, 4) is 0 Å². The molecule has 1 aromatic rings. The van der Waals surface area contributed by atoms with Crippen LogP contribution in [0.5, 0.6) is 0 Å². The lowest BCUT2D eigenvalue weighted by atomic mass is 10.2. The van der Waals surface area contributed by atoms with Crippen LogP contribution in [0.4, 0.5) is 10.1 Å². The van der Waals surface area contributed by atoms with Gasteiger partial charge in [-0.1, -0.05) is 12.1 Å². The van der Waals surface area contributed by atoms with Gasteiger partial charge in [-0.15, -0.1) is 0 Å². The summed E-state index contributed by atoms with van der Waals surface area (Å²) in [6.45, 7) is 3.76. The fourth-order valence-electron chi connectivity index (χ4n) is 2.49. The normalized spacial score (nSPS) is 21.1. The molecule has 1 heterocycles. The van der Waals surface area contributed by atoms with Crippen LogP contribution in [0.25, 0.3) is 0 Å². The van der Waals surface area contributed by atoms with Crippen molar-refractivity contribution in [1.29, 1.82) is 0 Å². The van der Waals surface area contributed by atoms with Crippen molar-refractivity contribution in [2.24, 2.45) is 0 Å². The number of anilines is 1. The number of likely N-dealkylation sites (N-methyl/N-ethyl adjacent to an activating group) is 1. The third kappa shape index (κ3) is 3.43. The maximum atomic E-state index is 13.8. The maximum Gasteiger partial charge on any atom is 0.146 e. The first-order valence-corrected chi connectivity index (χ1v) is 6.54. The van der Waals surface area contributed by atoms with Crippen LogP contribution in [0.2, 0.25) is 0 Å². The lowest BCUT2D eigenvalue weighted by Gasteiger charge is -2.28. The Morgan fingerprint density at radius 3 is 2.89 bits per heavy atom. The molecule has 0 amide bonds. The van der Waals surface area contributed by atoms with Crippen molar-refractivity contribution in [3.05, 3.63) is 30.1 Å². The quantitative estimate of drug-likeness (QED) is 0.879. The van der Waals surface area contributed by atoms with Gasteiger partial charge in [0.05, 0.1) is 5.69 Å². The van der Waals surface area contributed by atoms with Crippen molar-refractivity contribution in [3.63, 3.8) is 0 Å². The average molecular weight is 251 g/mol. The van der Waals surface area contributed by atoms with Gasteiger partial charge < -0.3 is 15.1 Å². The van der Waals surface area contributed by atoms with Crippen molar-refractivity contribution in [2.75, 3.05) is 45.2 Å². The van der Waals surface area contributed by atoms with E-state index in [1.54, 1.807) is 6.07 Å². The van der Waals surface area contributed by atoms with Gasteiger partial charge in [-0.05, 0) is 39.2 Å². The monoisotopic (exact) mass is 251 g/mol. The van der Waals surface area contributed by atoms with E-state index >= 15 is 0 Å². The zero-order valence-corrected chi connectivity index (χ0v) is 11.2. The summed E-state index contributed by atoms with van der Waals surface area (Å²) in [6, 6.07) is 7.44. The molecule has 0 radical (unpaired) electrons. The predicted molar refractivity (Wildman–Crippen MR) is 73.6 cm³/mol. The van der Waals surface area contributed by atoms with Crippen LogP contribution in [-0.4, -0.2) is 51.2 Å². The first kappa shape index (κ1) is 13.3. The van der Waals surface area contributed by atoms with Crippen LogP contribution in [0.15, 0.2) is 24.3 Å².